The number of piperazine rings is 1. The molecule has 9 rings (SSSR count). The maximum absolute atomic E-state index is 13.3. The molecule has 3 aromatic rings. The number of hydrogen-bond donors (Lipinski definition) is 3. The first-order chi connectivity index (χ1) is 30.0. The minimum absolute atomic E-state index is 0. The topological polar surface area (TPSA) is 201 Å². The fraction of sp³-hybridized carbons (Fsp3) is 0.500. The first kappa shape index (κ1) is 41.1. The third-order valence-corrected chi connectivity index (χ3v) is 13.5. The van der Waals surface area contributed by atoms with Crippen LogP contribution in [0.4, 0.5) is 33.5 Å². The predicted molar refractivity (Wildman–Crippen MR) is 234 cm³/mol. The van der Waals surface area contributed by atoms with Crippen LogP contribution in [0.25, 0.3) is 0 Å². The van der Waals surface area contributed by atoms with Crippen molar-refractivity contribution >= 4 is 64.3 Å². The van der Waals surface area contributed by atoms with Crippen molar-refractivity contribution in [2.75, 3.05) is 99.1 Å². The Kier molecular flexibility index (Phi) is 11.4. The molecule has 0 radical (unpaired) electrons. The number of hydrogen-bond acceptors (Lipinski definition) is 13. The van der Waals surface area contributed by atoms with E-state index in [1.807, 2.05) is 30.1 Å². The molecule has 0 spiro atoms. The van der Waals surface area contributed by atoms with Crippen molar-refractivity contribution < 1.29 is 30.2 Å². The van der Waals surface area contributed by atoms with Crippen molar-refractivity contribution in [3.05, 3.63) is 65.5 Å². The van der Waals surface area contributed by atoms with Gasteiger partial charge in [0.15, 0.2) is 11.5 Å². The van der Waals surface area contributed by atoms with E-state index < -0.39 is 35.6 Å². The van der Waals surface area contributed by atoms with Crippen LogP contribution < -0.4 is 31.1 Å². The van der Waals surface area contributed by atoms with Crippen molar-refractivity contribution in [2.24, 2.45) is 11.7 Å². The van der Waals surface area contributed by atoms with Crippen LogP contribution in [0.2, 0.25) is 0 Å². The highest BCUT2D eigenvalue weighted by atomic mass is 16.2. The number of nitrogens with zero attached hydrogens (tertiary/aromatic N) is 9. The Morgan fingerprint density at radius 2 is 1.55 bits per heavy atom. The summed E-state index contributed by atoms with van der Waals surface area (Å²) in [6.45, 7) is 9.43. The van der Waals surface area contributed by atoms with E-state index in [9.17, 15) is 28.8 Å². The van der Waals surface area contributed by atoms with Crippen LogP contribution in [-0.2, 0) is 9.59 Å². The average molecular weight is 849 g/mol. The van der Waals surface area contributed by atoms with Crippen molar-refractivity contribution in [1.29, 1.82) is 0 Å². The molecule has 6 aliphatic heterocycles. The standard InChI is InChI=1S/C44H54N12O6.H2/c1-50-19-24-55(44(50)62)32-3-2-15-54(27-32)36-26-46-38(39(45)58)40(48-36)47-29-4-6-30(7-5-29)53-22-20-51(21-23-53)16-12-28-13-17-52(18-14-28)31-8-9-33-34(25-31)43(61)56(42(33)60)35-10-11-37(57)49-41(35)59;/h4-9,25-26,28,32,35H,2-3,10-24,27H2,1H3,(H2,45,58)(H,47,48)(H,49,57,59);1H/t32-,35?;/m1./s1. The second-order valence-electron chi connectivity index (χ2n) is 17.3. The predicted octanol–water partition coefficient (Wildman–Crippen LogP) is 2.73. The molecule has 7 amide bonds. The third kappa shape index (κ3) is 8.22. The average Bonchev–Trinajstić information content (AvgIpc) is 3.75. The summed E-state index contributed by atoms with van der Waals surface area (Å²) in [5, 5.41) is 5.54. The highest BCUT2D eigenvalue weighted by Gasteiger charge is 2.45. The molecule has 4 N–H and O–H groups in total. The van der Waals surface area contributed by atoms with E-state index in [1.165, 1.54) is 0 Å². The fourth-order valence-corrected chi connectivity index (χ4v) is 9.85. The number of piperidine rings is 3. The summed E-state index contributed by atoms with van der Waals surface area (Å²) in [4.78, 5) is 98.9. The maximum atomic E-state index is 13.3. The number of rotatable bonds is 11. The lowest BCUT2D eigenvalue weighted by Crippen LogP contribution is -2.54. The van der Waals surface area contributed by atoms with Crippen LogP contribution in [0.5, 0.6) is 0 Å². The van der Waals surface area contributed by atoms with Crippen molar-refractivity contribution in [3.63, 3.8) is 0 Å². The zero-order valence-electron chi connectivity index (χ0n) is 35.1. The summed E-state index contributed by atoms with van der Waals surface area (Å²) in [6, 6.07) is 12.7. The molecule has 6 aliphatic rings. The van der Waals surface area contributed by atoms with Crippen molar-refractivity contribution in [3.8, 4) is 0 Å². The van der Waals surface area contributed by atoms with E-state index in [4.69, 9.17) is 10.7 Å². The van der Waals surface area contributed by atoms with E-state index in [-0.39, 0.29) is 32.0 Å². The van der Waals surface area contributed by atoms with E-state index in [2.05, 4.69) is 47.3 Å². The Labute approximate surface area is 361 Å². The number of benzene rings is 2. The number of imide groups is 2. The molecule has 18 nitrogen and oxygen atoms in total. The molecular weight excluding hydrogens is 793 g/mol. The molecule has 62 heavy (non-hydrogen) atoms. The third-order valence-electron chi connectivity index (χ3n) is 13.5. The highest BCUT2D eigenvalue weighted by molar-refractivity contribution is 6.23. The van der Waals surface area contributed by atoms with E-state index in [1.54, 1.807) is 23.2 Å². The van der Waals surface area contributed by atoms with Crippen LogP contribution in [0.3, 0.4) is 0 Å². The maximum Gasteiger partial charge on any atom is 0.320 e. The SMILES string of the molecule is CN1CCN([C@@H]2CCCN(c3cnc(C(N)=O)c(Nc4ccc(N5CCN(CCC6CCN(c7ccc8c(c7)C(=O)N(C7CCC(=O)NC7=O)C8=O)CC6)CC5)cc4)n3)C2)C1=O.[HH]. The zero-order valence-corrected chi connectivity index (χ0v) is 35.1. The lowest BCUT2D eigenvalue weighted by Gasteiger charge is -2.38. The first-order valence-electron chi connectivity index (χ1n) is 21.9. The Balaban J connectivity index is 0.00000544. The molecule has 2 aromatic carbocycles. The van der Waals surface area contributed by atoms with Gasteiger partial charge in [-0.3, -0.25) is 39.1 Å². The summed E-state index contributed by atoms with van der Waals surface area (Å²) in [5.41, 5.74) is 9.20. The van der Waals surface area contributed by atoms with Crippen LogP contribution >= 0.6 is 0 Å². The van der Waals surface area contributed by atoms with Gasteiger partial charge in [0, 0.05) is 97.4 Å². The molecule has 18 heteroatoms. The second kappa shape index (κ2) is 17.2. The molecule has 1 unspecified atom stereocenters. The van der Waals surface area contributed by atoms with Crippen LogP contribution in [0.1, 0.15) is 77.6 Å². The van der Waals surface area contributed by atoms with Gasteiger partial charge in [-0.05, 0) is 93.5 Å². The normalized spacial score (nSPS) is 22.8. The Bertz CT molecular complexity index is 2260. The Morgan fingerprint density at radius 1 is 0.823 bits per heavy atom. The van der Waals surface area contributed by atoms with Crippen LogP contribution in [0, 0.1) is 5.92 Å². The number of likely N-dealkylation sites (N-methyl/N-ethyl adjacent to an activating group) is 1. The number of nitrogens with one attached hydrogen (secondary N) is 2. The second-order valence-corrected chi connectivity index (χ2v) is 17.3. The number of carbonyl (C=O) groups excluding carboxylic acids is 6. The Hall–Kier alpha value is -6.30. The molecule has 328 valence electrons. The van der Waals surface area contributed by atoms with Gasteiger partial charge in [0.25, 0.3) is 17.7 Å². The zero-order chi connectivity index (χ0) is 43.1. The van der Waals surface area contributed by atoms with Crippen molar-refractivity contribution in [2.45, 2.75) is 57.0 Å². The quantitative estimate of drug-likeness (QED) is 0.238. The minimum atomic E-state index is -0.971. The lowest BCUT2D eigenvalue weighted by atomic mass is 9.92. The van der Waals surface area contributed by atoms with Crippen molar-refractivity contribution in [1.82, 2.24) is 34.9 Å². The lowest BCUT2D eigenvalue weighted by molar-refractivity contribution is -0.136. The number of nitrogens with two attached hydrogens (primary N) is 1. The summed E-state index contributed by atoms with van der Waals surface area (Å²) in [6.07, 6.45) is 6.88. The van der Waals surface area contributed by atoms with Gasteiger partial charge in [0.05, 0.1) is 23.4 Å². The summed E-state index contributed by atoms with van der Waals surface area (Å²) < 4.78 is 0. The summed E-state index contributed by atoms with van der Waals surface area (Å²) in [5.74, 6) is -1.08. The number of aromatic nitrogens is 2. The summed E-state index contributed by atoms with van der Waals surface area (Å²) in [7, 11) is 1.83. The molecule has 7 heterocycles. The van der Waals surface area contributed by atoms with Gasteiger partial charge in [0.2, 0.25) is 11.8 Å². The van der Waals surface area contributed by atoms with Gasteiger partial charge in [0.1, 0.15) is 11.9 Å². The van der Waals surface area contributed by atoms with Crippen LogP contribution in [0.15, 0.2) is 48.7 Å². The molecule has 5 saturated heterocycles. The summed E-state index contributed by atoms with van der Waals surface area (Å²) >= 11 is 0. The largest absolute Gasteiger partial charge is 0.371 e. The number of fused-ring (bicyclic) bond motifs is 1. The van der Waals surface area contributed by atoms with Gasteiger partial charge in [-0.1, -0.05) is 0 Å². The number of carbonyl (C=O) groups is 6. The van der Waals surface area contributed by atoms with Gasteiger partial charge < -0.3 is 35.6 Å². The minimum Gasteiger partial charge on any atom is -0.371 e. The molecule has 2 atom stereocenters. The van der Waals surface area contributed by atoms with E-state index in [0.717, 1.165) is 120 Å². The molecule has 0 bridgehead atoms. The molecular formula is C44H56N12O6. The van der Waals surface area contributed by atoms with Gasteiger partial charge in [-0.2, -0.15) is 0 Å². The number of amides is 7. The van der Waals surface area contributed by atoms with Gasteiger partial charge in [-0.15, -0.1) is 0 Å². The smallest absolute Gasteiger partial charge is 0.320 e. The molecule has 1 aromatic heterocycles. The molecule has 5 fully saturated rings. The Morgan fingerprint density at radius 3 is 2.26 bits per heavy atom. The van der Waals surface area contributed by atoms with Gasteiger partial charge in [-0.25, -0.2) is 14.8 Å². The van der Waals surface area contributed by atoms with Crippen LogP contribution in [-0.4, -0.2) is 156 Å². The number of primary amides is 1. The molecule has 0 saturated carbocycles. The first-order valence-corrected chi connectivity index (χ1v) is 21.9. The number of anilines is 5. The van der Waals surface area contributed by atoms with E-state index >= 15 is 0 Å². The van der Waals surface area contributed by atoms with E-state index in [0.29, 0.717) is 35.2 Å². The highest BCUT2D eigenvalue weighted by Crippen LogP contribution is 2.33. The fourth-order valence-electron chi connectivity index (χ4n) is 9.85. The van der Waals surface area contributed by atoms with Gasteiger partial charge >= 0.3 is 6.03 Å². The molecule has 0 aliphatic carbocycles. The number of urea groups is 1. The monoisotopic (exact) mass is 848 g/mol.